The van der Waals surface area contributed by atoms with Crippen molar-refractivity contribution in [1.82, 2.24) is 15.5 Å². The van der Waals surface area contributed by atoms with Crippen molar-refractivity contribution in [2.45, 2.75) is 18.9 Å². The predicted octanol–water partition coefficient (Wildman–Crippen LogP) is 3.27. The van der Waals surface area contributed by atoms with Gasteiger partial charge in [0.1, 0.15) is 5.75 Å². The predicted molar refractivity (Wildman–Crippen MR) is 118 cm³/mol. The van der Waals surface area contributed by atoms with E-state index >= 15 is 0 Å². The molecule has 2 aromatic carbocycles. The van der Waals surface area contributed by atoms with E-state index in [1.807, 2.05) is 37.4 Å². The number of para-hydroxylation sites is 1. The molecule has 3 rings (SSSR count). The summed E-state index contributed by atoms with van der Waals surface area (Å²) in [6.07, 6.45) is 2.43. The average Bonchev–Trinajstić information content (AvgIpc) is 3.29. The fourth-order valence-electron chi connectivity index (χ4n) is 3.74. The van der Waals surface area contributed by atoms with Gasteiger partial charge in [-0.1, -0.05) is 30.3 Å². The van der Waals surface area contributed by atoms with Gasteiger partial charge in [-0.05, 0) is 55.8 Å². The van der Waals surface area contributed by atoms with Crippen LogP contribution in [0.3, 0.4) is 0 Å². The molecule has 29 heavy (non-hydrogen) atoms. The number of hydrogen-bond donors (Lipinski definition) is 2. The van der Waals surface area contributed by atoms with Crippen LogP contribution in [0, 0.1) is 0 Å². The van der Waals surface area contributed by atoms with Gasteiger partial charge in [-0.25, -0.2) is 4.79 Å². The van der Waals surface area contributed by atoms with Crippen molar-refractivity contribution < 1.29 is 9.53 Å². The van der Waals surface area contributed by atoms with Gasteiger partial charge in [-0.3, -0.25) is 4.90 Å². The van der Waals surface area contributed by atoms with Crippen LogP contribution in [0.15, 0.2) is 54.6 Å². The zero-order chi connectivity index (χ0) is 20.5. The van der Waals surface area contributed by atoms with Gasteiger partial charge in [0.15, 0.2) is 0 Å². The standard InChI is InChI=1S/C23H32N4O2/c1-26(20-8-4-3-5-9-20)17-14-24-23(28)25-18-22(27-15-6-7-16-27)19-10-12-21(29-2)13-11-19/h3-5,8-13,22H,6-7,14-18H2,1-2H3,(H2,24,25,28). The zero-order valence-electron chi connectivity index (χ0n) is 17.4. The number of anilines is 1. The lowest BCUT2D eigenvalue weighted by Crippen LogP contribution is -2.43. The lowest BCUT2D eigenvalue weighted by molar-refractivity contribution is 0.221. The number of likely N-dealkylation sites (N-methyl/N-ethyl adjacent to an activating group) is 1. The van der Waals surface area contributed by atoms with Crippen LogP contribution >= 0.6 is 0 Å². The van der Waals surface area contributed by atoms with Crippen molar-refractivity contribution in [3.63, 3.8) is 0 Å². The maximum atomic E-state index is 12.3. The van der Waals surface area contributed by atoms with Crippen molar-refractivity contribution >= 4 is 11.7 Å². The van der Waals surface area contributed by atoms with Gasteiger partial charge in [-0.15, -0.1) is 0 Å². The van der Waals surface area contributed by atoms with Gasteiger partial charge >= 0.3 is 6.03 Å². The number of methoxy groups -OCH3 is 1. The van der Waals surface area contributed by atoms with E-state index in [0.29, 0.717) is 13.1 Å². The molecule has 0 aromatic heterocycles. The van der Waals surface area contributed by atoms with Crippen molar-refractivity contribution in [3.05, 3.63) is 60.2 Å². The van der Waals surface area contributed by atoms with Crippen molar-refractivity contribution in [2.75, 3.05) is 51.8 Å². The third-order valence-electron chi connectivity index (χ3n) is 5.47. The third kappa shape index (κ3) is 6.12. The molecule has 1 heterocycles. The Balaban J connectivity index is 1.48. The largest absolute Gasteiger partial charge is 0.497 e. The van der Waals surface area contributed by atoms with E-state index in [2.05, 4.69) is 44.7 Å². The minimum atomic E-state index is -0.121. The smallest absolute Gasteiger partial charge is 0.314 e. The van der Waals surface area contributed by atoms with E-state index in [1.165, 1.54) is 18.4 Å². The quantitative estimate of drug-likeness (QED) is 0.683. The van der Waals surface area contributed by atoms with E-state index in [1.54, 1.807) is 7.11 Å². The monoisotopic (exact) mass is 396 g/mol. The molecule has 1 atom stereocenters. The van der Waals surface area contributed by atoms with E-state index < -0.39 is 0 Å². The van der Waals surface area contributed by atoms with Gasteiger partial charge in [-0.2, -0.15) is 0 Å². The molecule has 1 saturated heterocycles. The molecule has 1 fully saturated rings. The van der Waals surface area contributed by atoms with Crippen LogP contribution in [-0.4, -0.2) is 57.8 Å². The molecular formula is C23H32N4O2. The fraction of sp³-hybridized carbons (Fsp3) is 0.435. The average molecular weight is 397 g/mol. The first-order chi connectivity index (χ1) is 14.2. The minimum Gasteiger partial charge on any atom is -0.497 e. The molecule has 0 radical (unpaired) electrons. The van der Waals surface area contributed by atoms with Crippen LogP contribution in [0.25, 0.3) is 0 Å². The summed E-state index contributed by atoms with van der Waals surface area (Å²) in [6, 6.07) is 18.4. The summed E-state index contributed by atoms with van der Waals surface area (Å²) in [6.45, 7) is 4.08. The maximum Gasteiger partial charge on any atom is 0.314 e. The molecule has 0 saturated carbocycles. The molecule has 6 nitrogen and oxygen atoms in total. The van der Waals surface area contributed by atoms with Crippen LogP contribution in [0.2, 0.25) is 0 Å². The summed E-state index contributed by atoms with van der Waals surface area (Å²) in [5, 5.41) is 6.03. The number of ether oxygens (including phenoxy) is 1. The van der Waals surface area contributed by atoms with Gasteiger partial charge in [0.25, 0.3) is 0 Å². The Morgan fingerprint density at radius 1 is 1.07 bits per heavy atom. The summed E-state index contributed by atoms with van der Waals surface area (Å²) in [5.74, 6) is 0.849. The van der Waals surface area contributed by atoms with Crippen LogP contribution in [0.5, 0.6) is 5.75 Å². The van der Waals surface area contributed by atoms with Crippen LogP contribution < -0.4 is 20.3 Å². The molecule has 2 amide bonds. The molecule has 1 unspecified atom stereocenters. The topological polar surface area (TPSA) is 56.8 Å². The van der Waals surface area contributed by atoms with Gasteiger partial charge < -0.3 is 20.3 Å². The molecule has 0 bridgehead atoms. The number of nitrogens with zero attached hydrogens (tertiary/aromatic N) is 2. The van der Waals surface area contributed by atoms with Crippen molar-refractivity contribution in [2.24, 2.45) is 0 Å². The minimum absolute atomic E-state index is 0.121. The van der Waals surface area contributed by atoms with E-state index in [4.69, 9.17) is 4.74 Å². The SMILES string of the molecule is COc1ccc(C(CNC(=O)NCCN(C)c2ccccc2)N2CCCC2)cc1. The van der Waals surface area contributed by atoms with Gasteiger partial charge in [0, 0.05) is 32.4 Å². The molecule has 1 aliphatic heterocycles. The van der Waals surface area contributed by atoms with Crippen LogP contribution in [0.4, 0.5) is 10.5 Å². The summed E-state index contributed by atoms with van der Waals surface area (Å²) >= 11 is 0. The van der Waals surface area contributed by atoms with E-state index in [0.717, 1.165) is 31.1 Å². The number of likely N-dealkylation sites (tertiary alicyclic amines) is 1. The van der Waals surface area contributed by atoms with Crippen LogP contribution in [-0.2, 0) is 0 Å². The van der Waals surface area contributed by atoms with Crippen molar-refractivity contribution in [1.29, 1.82) is 0 Å². The Kier molecular flexibility index (Phi) is 7.76. The highest BCUT2D eigenvalue weighted by Gasteiger charge is 2.24. The number of rotatable bonds is 9. The third-order valence-corrected chi connectivity index (χ3v) is 5.47. The summed E-state index contributed by atoms with van der Waals surface area (Å²) in [5.41, 5.74) is 2.35. The number of nitrogens with one attached hydrogen (secondary N) is 2. The van der Waals surface area contributed by atoms with E-state index in [9.17, 15) is 4.79 Å². The Labute approximate surface area is 173 Å². The van der Waals surface area contributed by atoms with Gasteiger partial charge in [0.05, 0.1) is 13.2 Å². The first-order valence-electron chi connectivity index (χ1n) is 10.3. The Bertz CT molecular complexity index is 745. The number of benzene rings is 2. The molecule has 1 aliphatic rings. The molecule has 2 aromatic rings. The number of carbonyl (C=O) groups is 1. The second-order valence-electron chi connectivity index (χ2n) is 7.43. The van der Waals surface area contributed by atoms with Crippen LogP contribution in [0.1, 0.15) is 24.4 Å². The van der Waals surface area contributed by atoms with Gasteiger partial charge in [0.2, 0.25) is 0 Å². The highest BCUT2D eigenvalue weighted by Crippen LogP contribution is 2.26. The maximum absolute atomic E-state index is 12.3. The number of hydrogen-bond acceptors (Lipinski definition) is 4. The molecule has 156 valence electrons. The summed E-state index contributed by atoms with van der Waals surface area (Å²) in [7, 11) is 3.70. The zero-order valence-corrected chi connectivity index (χ0v) is 17.4. The fourth-order valence-corrected chi connectivity index (χ4v) is 3.74. The number of urea groups is 1. The molecule has 6 heteroatoms. The first-order valence-corrected chi connectivity index (χ1v) is 10.3. The summed E-state index contributed by atoms with van der Waals surface area (Å²) in [4.78, 5) is 16.9. The number of carbonyl (C=O) groups excluding carboxylic acids is 1. The molecular weight excluding hydrogens is 364 g/mol. The highest BCUT2D eigenvalue weighted by molar-refractivity contribution is 5.73. The molecule has 0 spiro atoms. The lowest BCUT2D eigenvalue weighted by Gasteiger charge is -2.28. The summed E-state index contributed by atoms with van der Waals surface area (Å²) < 4.78 is 5.27. The highest BCUT2D eigenvalue weighted by atomic mass is 16.5. The number of amides is 2. The van der Waals surface area contributed by atoms with E-state index in [-0.39, 0.29) is 12.1 Å². The Hall–Kier alpha value is -2.73. The Morgan fingerprint density at radius 2 is 1.76 bits per heavy atom. The normalized spacial score (nSPS) is 15.0. The lowest BCUT2D eigenvalue weighted by atomic mass is 10.1. The second-order valence-corrected chi connectivity index (χ2v) is 7.43. The Morgan fingerprint density at radius 3 is 2.41 bits per heavy atom. The second kappa shape index (κ2) is 10.7. The molecule has 2 N–H and O–H groups in total. The first kappa shape index (κ1) is 21.0. The molecule has 0 aliphatic carbocycles. The van der Waals surface area contributed by atoms with Crippen molar-refractivity contribution in [3.8, 4) is 5.75 Å².